The predicted octanol–water partition coefficient (Wildman–Crippen LogP) is 3.28. The van der Waals surface area contributed by atoms with Crippen molar-refractivity contribution < 1.29 is 4.74 Å². The second-order valence-electron chi connectivity index (χ2n) is 3.42. The molecule has 2 rings (SSSR count). The summed E-state index contributed by atoms with van der Waals surface area (Å²) in [5.74, 6) is 0.669. The summed E-state index contributed by atoms with van der Waals surface area (Å²) >= 11 is 6.12. The third-order valence-electron chi connectivity index (χ3n) is 2.36. The van der Waals surface area contributed by atoms with Crippen LogP contribution in [0.25, 0.3) is 11.1 Å². The first-order valence-electron chi connectivity index (χ1n) is 4.93. The number of rotatable bonds is 2. The molecule has 84 valence electrons. The Kier molecular flexibility index (Phi) is 3.27. The number of methoxy groups -OCH3 is 1. The lowest BCUT2D eigenvalue weighted by atomic mass is 10.1. The van der Waals surface area contributed by atoms with Crippen LogP contribution in [0.2, 0.25) is 5.02 Å². The second-order valence-corrected chi connectivity index (χ2v) is 3.83. The van der Waals surface area contributed by atoms with Crippen LogP contribution < -0.4 is 4.74 Å². The maximum Gasteiger partial charge on any atom is 0.137 e. The van der Waals surface area contributed by atoms with Gasteiger partial charge in [0.2, 0.25) is 0 Å². The van der Waals surface area contributed by atoms with E-state index in [1.54, 1.807) is 37.7 Å². The molecule has 4 heteroatoms. The largest absolute Gasteiger partial charge is 0.495 e. The van der Waals surface area contributed by atoms with E-state index in [2.05, 4.69) is 4.98 Å². The van der Waals surface area contributed by atoms with Crippen LogP contribution in [0.5, 0.6) is 5.75 Å². The van der Waals surface area contributed by atoms with Gasteiger partial charge in [0, 0.05) is 22.3 Å². The van der Waals surface area contributed by atoms with Crippen LogP contribution in [0.4, 0.5) is 0 Å². The van der Waals surface area contributed by atoms with E-state index in [0.717, 1.165) is 11.1 Å². The third-order valence-corrected chi connectivity index (χ3v) is 2.67. The van der Waals surface area contributed by atoms with Gasteiger partial charge in [0.1, 0.15) is 5.75 Å². The molecule has 1 aromatic carbocycles. The van der Waals surface area contributed by atoms with Crippen molar-refractivity contribution >= 4 is 11.6 Å². The molecule has 0 N–H and O–H groups in total. The average Bonchev–Trinajstić information content (AvgIpc) is 2.38. The van der Waals surface area contributed by atoms with Gasteiger partial charge in [-0.25, -0.2) is 0 Å². The van der Waals surface area contributed by atoms with E-state index in [-0.39, 0.29) is 0 Å². The Morgan fingerprint density at radius 3 is 2.76 bits per heavy atom. The molecule has 0 unspecified atom stereocenters. The molecule has 2 aromatic rings. The van der Waals surface area contributed by atoms with Gasteiger partial charge >= 0.3 is 0 Å². The minimum absolute atomic E-state index is 0.527. The topological polar surface area (TPSA) is 45.9 Å². The van der Waals surface area contributed by atoms with Crippen molar-refractivity contribution in [1.82, 2.24) is 4.98 Å². The first-order chi connectivity index (χ1) is 8.24. The summed E-state index contributed by atoms with van der Waals surface area (Å²) in [5.41, 5.74) is 2.23. The van der Waals surface area contributed by atoms with Gasteiger partial charge in [0.05, 0.1) is 24.9 Å². The molecule has 1 heterocycles. The zero-order chi connectivity index (χ0) is 12.3. The summed E-state index contributed by atoms with van der Waals surface area (Å²) in [6.07, 6.45) is 3.33. The zero-order valence-electron chi connectivity index (χ0n) is 9.14. The van der Waals surface area contributed by atoms with Crippen LogP contribution >= 0.6 is 11.6 Å². The average molecular weight is 245 g/mol. The highest BCUT2D eigenvalue weighted by Crippen LogP contribution is 2.29. The maximum absolute atomic E-state index is 8.76. The molecule has 0 saturated carbocycles. The smallest absolute Gasteiger partial charge is 0.137 e. The van der Waals surface area contributed by atoms with E-state index < -0.39 is 0 Å². The molecule has 0 aliphatic heterocycles. The minimum atomic E-state index is 0.527. The molecular formula is C13H9ClN2O. The molecular weight excluding hydrogens is 236 g/mol. The number of nitrogens with zero attached hydrogens (tertiary/aromatic N) is 2. The summed E-state index contributed by atoms with van der Waals surface area (Å²) < 4.78 is 5.10. The molecule has 0 atom stereocenters. The number of pyridine rings is 1. The molecule has 0 amide bonds. The standard InChI is InChI=1S/C13H9ClN2O/c1-17-11-5-10(7-16-8-11)12-3-2-9(6-15)4-13(12)14/h2-5,7-8H,1H3. The lowest BCUT2D eigenvalue weighted by Gasteiger charge is -2.06. The number of hydrogen-bond donors (Lipinski definition) is 0. The van der Waals surface area contributed by atoms with Crippen molar-refractivity contribution in [2.75, 3.05) is 7.11 Å². The first kappa shape index (κ1) is 11.4. The molecule has 0 aliphatic rings. The summed E-state index contributed by atoms with van der Waals surface area (Å²) in [5, 5.41) is 9.29. The van der Waals surface area contributed by atoms with Gasteiger partial charge < -0.3 is 4.74 Å². The summed E-state index contributed by atoms with van der Waals surface area (Å²) in [6.45, 7) is 0. The van der Waals surface area contributed by atoms with Crippen molar-refractivity contribution in [1.29, 1.82) is 5.26 Å². The molecule has 0 aliphatic carbocycles. The predicted molar refractivity (Wildman–Crippen MR) is 66.0 cm³/mol. The summed E-state index contributed by atoms with van der Waals surface area (Å²) in [6, 6.07) is 9.05. The van der Waals surface area contributed by atoms with Crippen molar-refractivity contribution in [3.05, 3.63) is 47.2 Å². The van der Waals surface area contributed by atoms with Crippen molar-refractivity contribution in [2.24, 2.45) is 0 Å². The Morgan fingerprint density at radius 1 is 1.29 bits per heavy atom. The third kappa shape index (κ3) is 2.38. The van der Waals surface area contributed by atoms with Crippen LogP contribution in [-0.4, -0.2) is 12.1 Å². The SMILES string of the molecule is COc1cncc(-c2ccc(C#N)cc2Cl)c1. The van der Waals surface area contributed by atoms with Crippen molar-refractivity contribution in [3.63, 3.8) is 0 Å². The van der Waals surface area contributed by atoms with E-state index in [1.807, 2.05) is 12.1 Å². The molecule has 0 fully saturated rings. The van der Waals surface area contributed by atoms with E-state index in [1.165, 1.54) is 0 Å². The fourth-order valence-corrected chi connectivity index (χ4v) is 1.79. The Balaban J connectivity index is 2.49. The fourth-order valence-electron chi connectivity index (χ4n) is 1.50. The molecule has 0 bridgehead atoms. The quantitative estimate of drug-likeness (QED) is 0.814. The second kappa shape index (κ2) is 4.86. The van der Waals surface area contributed by atoms with Crippen LogP contribution in [0.15, 0.2) is 36.7 Å². The monoisotopic (exact) mass is 244 g/mol. The number of ether oxygens (including phenoxy) is 1. The summed E-state index contributed by atoms with van der Waals surface area (Å²) in [7, 11) is 1.58. The van der Waals surface area contributed by atoms with Gasteiger partial charge in [-0.1, -0.05) is 17.7 Å². The fraction of sp³-hybridized carbons (Fsp3) is 0.0769. The molecule has 0 radical (unpaired) electrons. The van der Waals surface area contributed by atoms with Gasteiger partial charge in [0.15, 0.2) is 0 Å². The maximum atomic E-state index is 8.76. The number of hydrogen-bond acceptors (Lipinski definition) is 3. The van der Waals surface area contributed by atoms with Gasteiger partial charge in [-0.05, 0) is 18.2 Å². The Morgan fingerprint density at radius 2 is 2.12 bits per heavy atom. The van der Waals surface area contributed by atoms with E-state index in [4.69, 9.17) is 21.6 Å². The molecule has 0 spiro atoms. The van der Waals surface area contributed by atoms with Crippen LogP contribution in [0, 0.1) is 11.3 Å². The Labute approximate surface area is 104 Å². The van der Waals surface area contributed by atoms with Gasteiger partial charge in [-0.15, -0.1) is 0 Å². The molecule has 0 saturated heterocycles. The Bertz CT molecular complexity index is 590. The highest BCUT2D eigenvalue weighted by molar-refractivity contribution is 6.33. The highest BCUT2D eigenvalue weighted by atomic mass is 35.5. The first-order valence-corrected chi connectivity index (χ1v) is 5.31. The van der Waals surface area contributed by atoms with Crippen LogP contribution in [-0.2, 0) is 0 Å². The molecule has 1 aromatic heterocycles. The zero-order valence-corrected chi connectivity index (χ0v) is 9.90. The number of halogens is 1. The lowest BCUT2D eigenvalue weighted by molar-refractivity contribution is 0.413. The van der Waals surface area contributed by atoms with Crippen LogP contribution in [0.3, 0.4) is 0 Å². The molecule has 3 nitrogen and oxygen atoms in total. The summed E-state index contributed by atoms with van der Waals surface area (Å²) in [4.78, 5) is 4.07. The van der Waals surface area contributed by atoms with Crippen LogP contribution in [0.1, 0.15) is 5.56 Å². The van der Waals surface area contributed by atoms with Crippen molar-refractivity contribution in [2.45, 2.75) is 0 Å². The van der Waals surface area contributed by atoms with E-state index >= 15 is 0 Å². The van der Waals surface area contributed by atoms with Gasteiger partial charge in [0.25, 0.3) is 0 Å². The number of benzene rings is 1. The van der Waals surface area contributed by atoms with E-state index in [9.17, 15) is 0 Å². The number of aromatic nitrogens is 1. The highest BCUT2D eigenvalue weighted by Gasteiger charge is 2.06. The van der Waals surface area contributed by atoms with Gasteiger partial charge in [-0.2, -0.15) is 5.26 Å². The van der Waals surface area contributed by atoms with Crippen molar-refractivity contribution in [3.8, 4) is 22.9 Å². The minimum Gasteiger partial charge on any atom is -0.495 e. The Hall–Kier alpha value is -2.05. The normalized spacial score (nSPS) is 9.71. The van der Waals surface area contributed by atoms with Gasteiger partial charge in [-0.3, -0.25) is 4.98 Å². The van der Waals surface area contributed by atoms with E-state index in [0.29, 0.717) is 16.3 Å². The number of nitriles is 1. The molecule has 17 heavy (non-hydrogen) atoms. The lowest BCUT2D eigenvalue weighted by Crippen LogP contribution is -1.87.